The lowest BCUT2D eigenvalue weighted by molar-refractivity contribution is -0.118. The first-order chi connectivity index (χ1) is 32.3. The average Bonchev–Trinajstić information content (AvgIpc) is 3.87. The van der Waals surface area contributed by atoms with Crippen molar-refractivity contribution in [3.05, 3.63) is 112 Å². The molecule has 5 aromatic rings. The van der Waals surface area contributed by atoms with Gasteiger partial charge in [-0.2, -0.15) is 10.2 Å². The second-order valence-electron chi connectivity index (χ2n) is 19.2. The molecular formula is C50H68N7O9PSi. The van der Waals surface area contributed by atoms with Crippen LogP contribution in [0.1, 0.15) is 91.7 Å². The smallest absolute Gasteiger partial charge is 0.280 e. The highest BCUT2D eigenvalue weighted by Gasteiger charge is 2.54. The molecule has 3 heterocycles. The van der Waals surface area contributed by atoms with Gasteiger partial charge in [0.2, 0.25) is 11.9 Å². The number of nitriles is 1. The molecule has 6 rings (SSSR count). The van der Waals surface area contributed by atoms with E-state index < -0.39 is 52.5 Å². The first-order valence-electron chi connectivity index (χ1n) is 23.1. The van der Waals surface area contributed by atoms with Gasteiger partial charge >= 0.3 is 0 Å². The van der Waals surface area contributed by atoms with E-state index in [2.05, 4.69) is 87.6 Å². The molecule has 2 unspecified atom stereocenters. The van der Waals surface area contributed by atoms with Gasteiger partial charge in [-0.15, -0.1) is 0 Å². The highest BCUT2D eigenvalue weighted by molar-refractivity contribution is 7.44. The van der Waals surface area contributed by atoms with Crippen molar-refractivity contribution < 1.29 is 37.2 Å². The molecule has 5 atom stereocenters. The number of aromatic nitrogens is 4. The van der Waals surface area contributed by atoms with Crippen molar-refractivity contribution in [1.29, 1.82) is 5.26 Å². The molecule has 0 saturated carbocycles. The first kappa shape index (κ1) is 52.4. The third-order valence-corrected chi connectivity index (χ3v) is 19.1. The second-order valence-corrected chi connectivity index (χ2v) is 25.4. The summed E-state index contributed by atoms with van der Waals surface area (Å²) in [7, 11) is -1.30. The van der Waals surface area contributed by atoms with E-state index in [4.69, 9.17) is 37.4 Å². The lowest BCUT2D eigenvalue weighted by Crippen LogP contribution is -2.50. The largest absolute Gasteiger partial charge is 0.497 e. The van der Waals surface area contributed by atoms with Gasteiger partial charge in [-0.1, -0.05) is 89.2 Å². The molecule has 2 aromatic heterocycles. The van der Waals surface area contributed by atoms with Crippen molar-refractivity contribution in [2.24, 2.45) is 5.92 Å². The third kappa shape index (κ3) is 11.4. The fourth-order valence-electron chi connectivity index (χ4n) is 7.95. The van der Waals surface area contributed by atoms with Crippen molar-refractivity contribution in [3.63, 3.8) is 0 Å². The lowest BCUT2D eigenvalue weighted by atomic mass is 9.80. The molecule has 1 aliphatic heterocycles. The number of ether oxygens (including phenoxy) is 4. The summed E-state index contributed by atoms with van der Waals surface area (Å²) in [5.41, 5.74) is 0.963. The molecule has 0 spiro atoms. The van der Waals surface area contributed by atoms with Crippen LogP contribution in [-0.2, 0) is 33.3 Å². The van der Waals surface area contributed by atoms with Crippen molar-refractivity contribution in [2.75, 3.05) is 32.8 Å². The molecule has 0 bridgehead atoms. The third-order valence-electron chi connectivity index (χ3n) is 12.5. The zero-order chi connectivity index (χ0) is 49.6. The van der Waals surface area contributed by atoms with E-state index >= 15 is 0 Å². The van der Waals surface area contributed by atoms with Gasteiger partial charge < -0.3 is 32.4 Å². The Bertz CT molecular complexity index is 2490. The van der Waals surface area contributed by atoms with Crippen LogP contribution >= 0.6 is 8.53 Å². The van der Waals surface area contributed by atoms with Crippen molar-refractivity contribution in [3.8, 4) is 17.6 Å². The fourth-order valence-corrected chi connectivity index (χ4v) is 11.0. The SMILES string of the molecule is COc1ccc(C(OCC2O[C@@H](n3cnc4c(=O)[nH]c(NC(=O)C(C)C)nc43)[C@H](O[Si](C)(C)C(C)(C)C)[C@@H]2OP(OCCC#N)N(C(C)C)C(C)C)(c2ccccc2)c2ccc(OC)cc2)cc1. The Kier molecular flexibility index (Phi) is 17.1. The molecule has 2 N–H and O–H groups in total. The lowest BCUT2D eigenvalue weighted by Gasteiger charge is -2.42. The number of benzene rings is 3. The topological polar surface area (TPSA) is 184 Å². The van der Waals surface area contributed by atoms with E-state index in [0.717, 1.165) is 16.7 Å². The van der Waals surface area contributed by atoms with Gasteiger partial charge in [0, 0.05) is 18.0 Å². The normalized spacial score (nSPS) is 18.4. The monoisotopic (exact) mass is 969 g/mol. The molecule has 1 aliphatic rings. The molecule has 0 radical (unpaired) electrons. The van der Waals surface area contributed by atoms with Crippen LogP contribution in [-0.4, -0.2) is 96.2 Å². The van der Waals surface area contributed by atoms with Gasteiger partial charge in [0.25, 0.3) is 14.1 Å². The molecule has 1 fully saturated rings. The van der Waals surface area contributed by atoms with Crippen LogP contribution in [0.2, 0.25) is 18.1 Å². The maximum Gasteiger partial charge on any atom is 0.280 e. The van der Waals surface area contributed by atoms with Crippen LogP contribution < -0.4 is 20.3 Å². The molecule has 16 nitrogen and oxygen atoms in total. The number of hydrogen-bond donors (Lipinski definition) is 2. The number of imidazole rings is 1. The zero-order valence-electron chi connectivity index (χ0n) is 41.6. The number of anilines is 1. The Hall–Kier alpha value is -5.02. The minimum absolute atomic E-state index is 0.0142. The van der Waals surface area contributed by atoms with E-state index in [-0.39, 0.29) is 65.7 Å². The summed E-state index contributed by atoms with van der Waals surface area (Å²) in [4.78, 5) is 38.5. The van der Waals surface area contributed by atoms with E-state index in [1.54, 1.807) is 32.6 Å². The van der Waals surface area contributed by atoms with E-state index in [1.807, 2.05) is 78.9 Å². The Balaban J connectivity index is 1.59. The number of hydrogen-bond acceptors (Lipinski definition) is 13. The number of carbonyl (C=O) groups excluding carboxylic acids is 1. The predicted molar refractivity (Wildman–Crippen MR) is 266 cm³/mol. The van der Waals surface area contributed by atoms with Crippen molar-refractivity contribution in [1.82, 2.24) is 24.2 Å². The Morgan fingerprint density at radius 1 is 0.912 bits per heavy atom. The molecule has 1 amide bonds. The number of H-pyrrole nitrogens is 1. The quantitative estimate of drug-likeness (QED) is 0.0307. The Morgan fingerprint density at radius 3 is 2.00 bits per heavy atom. The van der Waals surface area contributed by atoms with Crippen LogP contribution in [0.15, 0.2) is 90.0 Å². The summed E-state index contributed by atoms with van der Waals surface area (Å²) >= 11 is 0. The molecule has 366 valence electrons. The van der Waals surface area contributed by atoms with Gasteiger partial charge in [-0.3, -0.25) is 24.5 Å². The number of aromatic amines is 1. The fraction of sp³-hybridized carbons (Fsp3) is 0.500. The number of nitrogens with zero attached hydrogens (tertiary/aromatic N) is 5. The number of amides is 1. The Labute approximate surface area is 402 Å². The number of methoxy groups -OCH3 is 2. The summed E-state index contributed by atoms with van der Waals surface area (Å²) in [5, 5.41) is 12.1. The highest BCUT2D eigenvalue weighted by atomic mass is 31.2. The van der Waals surface area contributed by atoms with Crippen molar-refractivity contribution in [2.45, 2.75) is 129 Å². The number of carbonyl (C=O) groups is 1. The summed E-state index contributed by atoms with van der Waals surface area (Å²) < 4.78 is 51.3. The van der Waals surface area contributed by atoms with Crippen molar-refractivity contribution >= 4 is 39.9 Å². The molecule has 18 heteroatoms. The summed E-state index contributed by atoms with van der Waals surface area (Å²) in [6, 6.07) is 27.8. The maximum absolute atomic E-state index is 13.6. The highest BCUT2D eigenvalue weighted by Crippen LogP contribution is 2.53. The van der Waals surface area contributed by atoms with Gasteiger partial charge in [0.1, 0.15) is 35.4 Å². The summed E-state index contributed by atoms with van der Waals surface area (Å²) in [5.74, 6) is 0.647. The van der Waals surface area contributed by atoms with E-state index in [1.165, 1.54) is 6.33 Å². The van der Waals surface area contributed by atoms with Crippen LogP contribution in [0.5, 0.6) is 11.5 Å². The number of rotatable bonds is 21. The Morgan fingerprint density at radius 2 is 1.49 bits per heavy atom. The molecular weight excluding hydrogens is 902 g/mol. The molecule has 0 aliphatic carbocycles. The minimum Gasteiger partial charge on any atom is -0.497 e. The predicted octanol–water partition coefficient (Wildman–Crippen LogP) is 9.69. The average molecular weight is 970 g/mol. The minimum atomic E-state index is -2.70. The standard InChI is InChI=1S/C50H68N7O9PSi/c1-32(2)45(58)54-48-53-44-41(46(59)55-48)52-31-56(44)47-43(66-68(12,13)49(7,8)9)42(65-67(63-29-17-28-51)57(33(3)4)34(5)6)40(64-47)30-62-50(35-18-15-14-16-19-35,36-20-24-38(60-10)25-21-36)37-22-26-39(61-11)27-23-37/h14-16,18-27,31-34,40,42-43,47H,17,29-30H2,1-13H3,(H2,53,54,55,58,59)/t40?,42-,43-,47-,67?/m1/s1. The van der Waals surface area contributed by atoms with Crippen LogP contribution in [0.25, 0.3) is 11.2 Å². The van der Waals surface area contributed by atoms with Gasteiger partial charge in [0.05, 0.1) is 46.3 Å². The first-order valence-corrected chi connectivity index (χ1v) is 27.1. The summed E-state index contributed by atoms with van der Waals surface area (Å²) in [6.07, 6.45) is -1.90. The molecule has 1 saturated heterocycles. The second kappa shape index (κ2) is 22.2. The zero-order valence-corrected chi connectivity index (χ0v) is 43.5. The van der Waals surface area contributed by atoms with E-state index in [0.29, 0.717) is 11.5 Å². The maximum atomic E-state index is 13.6. The molecule has 3 aromatic carbocycles. The number of fused-ring (bicyclic) bond motifs is 1. The van der Waals surface area contributed by atoms with E-state index in [9.17, 15) is 14.9 Å². The van der Waals surface area contributed by atoms with Gasteiger partial charge in [0.15, 0.2) is 25.7 Å². The summed E-state index contributed by atoms with van der Waals surface area (Å²) in [6.45, 7) is 22.7. The van der Waals surface area contributed by atoms with Crippen LogP contribution in [0, 0.1) is 17.2 Å². The van der Waals surface area contributed by atoms with Gasteiger partial charge in [-0.25, -0.2) is 9.65 Å². The number of nitrogens with one attached hydrogen (secondary N) is 2. The van der Waals surface area contributed by atoms with Crippen LogP contribution in [0.3, 0.4) is 0 Å². The molecule has 68 heavy (non-hydrogen) atoms. The van der Waals surface area contributed by atoms with Gasteiger partial charge in [-0.05, 0) is 86.8 Å². The van der Waals surface area contributed by atoms with Crippen LogP contribution in [0.4, 0.5) is 5.95 Å².